The minimum Gasteiger partial charge on any atom is -0.352 e. The van der Waals surface area contributed by atoms with Crippen LogP contribution in [0.25, 0.3) is 0 Å². The summed E-state index contributed by atoms with van der Waals surface area (Å²) in [5.41, 5.74) is 1.40. The molecule has 0 fully saturated rings. The van der Waals surface area contributed by atoms with Crippen LogP contribution >= 0.6 is 23.2 Å². The van der Waals surface area contributed by atoms with Crippen LogP contribution in [-0.2, 0) is 21.2 Å². The Morgan fingerprint density at radius 2 is 1.81 bits per heavy atom. The fourth-order valence-electron chi connectivity index (χ4n) is 2.62. The molecule has 0 bridgehead atoms. The normalized spacial score (nSPS) is 12.4. The Bertz CT molecular complexity index is 889. The summed E-state index contributed by atoms with van der Waals surface area (Å²) in [4.78, 5) is 12.4. The molecule has 1 atom stereocenters. The maximum absolute atomic E-state index is 12.4. The van der Waals surface area contributed by atoms with Gasteiger partial charge in [0.15, 0.2) is 0 Å². The lowest BCUT2D eigenvalue weighted by atomic mass is 10.1. The second-order valence-electron chi connectivity index (χ2n) is 6.36. The number of sulfonamides is 1. The highest BCUT2D eigenvalue weighted by molar-refractivity contribution is 7.92. The molecule has 0 heterocycles. The summed E-state index contributed by atoms with van der Waals surface area (Å²) in [7, 11) is -3.69. The quantitative estimate of drug-likeness (QED) is 0.692. The van der Waals surface area contributed by atoms with E-state index in [1.54, 1.807) is 0 Å². The lowest BCUT2D eigenvalue weighted by Crippen LogP contribution is -2.43. The van der Waals surface area contributed by atoms with Gasteiger partial charge in [0.25, 0.3) is 0 Å². The maximum atomic E-state index is 12.4. The molecule has 0 unspecified atom stereocenters. The number of carbonyl (C=O) groups excluding carboxylic acids is 1. The zero-order valence-corrected chi connectivity index (χ0v) is 17.5. The van der Waals surface area contributed by atoms with E-state index in [9.17, 15) is 13.2 Å². The van der Waals surface area contributed by atoms with Crippen molar-refractivity contribution in [1.29, 1.82) is 0 Å². The van der Waals surface area contributed by atoms with Gasteiger partial charge in [-0.1, -0.05) is 53.5 Å². The van der Waals surface area contributed by atoms with Gasteiger partial charge in [-0.25, -0.2) is 8.42 Å². The van der Waals surface area contributed by atoms with E-state index in [-0.39, 0.29) is 23.3 Å². The van der Waals surface area contributed by atoms with Gasteiger partial charge >= 0.3 is 0 Å². The van der Waals surface area contributed by atoms with Crippen LogP contribution in [0.5, 0.6) is 0 Å². The molecule has 0 aliphatic heterocycles. The van der Waals surface area contributed by atoms with Gasteiger partial charge in [-0.15, -0.1) is 0 Å². The van der Waals surface area contributed by atoms with Crippen LogP contribution in [0.15, 0.2) is 48.5 Å². The third kappa shape index (κ3) is 6.72. The van der Waals surface area contributed by atoms with E-state index in [1.807, 2.05) is 37.3 Å². The van der Waals surface area contributed by atoms with Crippen LogP contribution in [0.1, 0.15) is 18.9 Å². The van der Waals surface area contributed by atoms with Crippen molar-refractivity contribution in [3.8, 4) is 0 Å². The van der Waals surface area contributed by atoms with E-state index in [0.29, 0.717) is 5.02 Å². The molecule has 0 radical (unpaired) electrons. The Balaban J connectivity index is 2.01. The molecule has 0 spiro atoms. The molecule has 2 aromatic carbocycles. The number of aryl methyl sites for hydroxylation is 1. The van der Waals surface area contributed by atoms with Crippen LogP contribution in [0, 0.1) is 0 Å². The summed E-state index contributed by atoms with van der Waals surface area (Å²) >= 11 is 12.0. The third-order valence-corrected chi connectivity index (χ3v) is 5.65. The van der Waals surface area contributed by atoms with Gasteiger partial charge in [0.2, 0.25) is 15.9 Å². The number of halogens is 2. The van der Waals surface area contributed by atoms with E-state index in [2.05, 4.69) is 5.32 Å². The fraction of sp³-hybridized carbons (Fsp3) is 0.316. The van der Waals surface area contributed by atoms with Crippen LogP contribution < -0.4 is 9.62 Å². The smallest absolute Gasteiger partial charge is 0.240 e. The highest BCUT2D eigenvalue weighted by Gasteiger charge is 2.23. The lowest BCUT2D eigenvalue weighted by molar-refractivity contribution is -0.120. The molecule has 1 amide bonds. The van der Waals surface area contributed by atoms with E-state index in [0.717, 1.165) is 23.4 Å². The molecule has 8 heteroatoms. The van der Waals surface area contributed by atoms with Gasteiger partial charge < -0.3 is 5.32 Å². The Kier molecular flexibility index (Phi) is 7.53. The Labute approximate surface area is 170 Å². The number of carbonyl (C=O) groups is 1. The molecule has 0 aromatic heterocycles. The number of rotatable bonds is 8. The minimum atomic E-state index is -3.69. The molecule has 1 N–H and O–H groups in total. The summed E-state index contributed by atoms with van der Waals surface area (Å²) in [5.74, 6) is -0.396. The van der Waals surface area contributed by atoms with Gasteiger partial charge in [-0.05, 0) is 43.5 Å². The third-order valence-electron chi connectivity index (χ3n) is 3.98. The average molecular weight is 429 g/mol. The second-order valence-corrected chi connectivity index (χ2v) is 9.11. The van der Waals surface area contributed by atoms with Crippen LogP contribution in [0.2, 0.25) is 10.0 Å². The maximum Gasteiger partial charge on any atom is 0.240 e. The van der Waals surface area contributed by atoms with Crippen molar-refractivity contribution >= 4 is 44.8 Å². The topological polar surface area (TPSA) is 66.5 Å². The highest BCUT2D eigenvalue weighted by atomic mass is 35.5. The van der Waals surface area contributed by atoms with E-state index in [4.69, 9.17) is 23.2 Å². The summed E-state index contributed by atoms with van der Waals surface area (Å²) in [6.45, 7) is 1.54. The van der Waals surface area contributed by atoms with Crippen LogP contribution in [0.4, 0.5) is 5.69 Å². The second kappa shape index (κ2) is 9.44. The van der Waals surface area contributed by atoms with Gasteiger partial charge in [0.1, 0.15) is 6.54 Å². The van der Waals surface area contributed by atoms with E-state index < -0.39 is 15.9 Å². The number of hydrogen-bond acceptors (Lipinski definition) is 3. The van der Waals surface area contributed by atoms with Crippen LogP contribution in [0.3, 0.4) is 0 Å². The average Bonchev–Trinajstić information content (AvgIpc) is 2.58. The van der Waals surface area contributed by atoms with Gasteiger partial charge in [-0.2, -0.15) is 0 Å². The van der Waals surface area contributed by atoms with Crippen molar-refractivity contribution in [1.82, 2.24) is 5.32 Å². The predicted octanol–water partition coefficient (Wildman–Crippen LogP) is 3.90. The molecule has 0 aliphatic rings. The minimum absolute atomic E-state index is 0.0974. The Hall–Kier alpha value is -1.76. The molecule has 0 saturated carbocycles. The van der Waals surface area contributed by atoms with Crippen molar-refractivity contribution in [3.05, 3.63) is 64.1 Å². The lowest BCUT2D eigenvalue weighted by Gasteiger charge is -2.24. The van der Waals surface area contributed by atoms with Crippen LogP contribution in [-0.4, -0.2) is 33.2 Å². The zero-order valence-electron chi connectivity index (χ0n) is 15.2. The summed E-state index contributed by atoms with van der Waals surface area (Å²) in [6, 6.07) is 14.3. The number of benzene rings is 2. The standard InChI is InChI=1S/C19H22Cl2N2O3S/c1-14(8-9-15-6-4-3-5-7-15)22-19(24)13-23(27(2,25)26)18-11-10-16(20)12-17(18)21/h3-7,10-12,14H,8-9,13H2,1-2H3,(H,22,24)/t14-/m0/s1. The predicted molar refractivity (Wildman–Crippen MR) is 111 cm³/mol. The molecule has 0 aliphatic carbocycles. The molecule has 0 saturated heterocycles. The van der Waals surface area contributed by atoms with Crippen molar-refractivity contribution < 1.29 is 13.2 Å². The number of hydrogen-bond donors (Lipinski definition) is 1. The fourth-order valence-corrected chi connectivity index (χ4v) is 4.04. The molecule has 2 aromatic rings. The summed E-state index contributed by atoms with van der Waals surface area (Å²) in [5, 5.41) is 3.39. The van der Waals surface area contributed by atoms with Crippen molar-refractivity contribution in [3.63, 3.8) is 0 Å². The van der Waals surface area contributed by atoms with Gasteiger partial charge in [0, 0.05) is 11.1 Å². The zero-order chi connectivity index (χ0) is 20.0. The molecule has 5 nitrogen and oxygen atoms in total. The van der Waals surface area contributed by atoms with Gasteiger partial charge in [-0.3, -0.25) is 9.10 Å². The number of amides is 1. The molecule has 27 heavy (non-hydrogen) atoms. The number of nitrogens with zero attached hydrogens (tertiary/aromatic N) is 1. The number of anilines is 1. The first-order chi connectivity index (χ1) is 12.7. The largest absolute Gasteiger partial charge is 0.352 e. The first-order valence-corrected chi connectivity index (χ1v) is 11.0. The monoisotopic (exact) mass is 428 g/mol. The first-order valence-electron chi connectivity index (χ1n) is 8.43. The van der Waals surface area contributed by atoms with Crippen molar-refractivity contribution in [2.24, 2.45) is 0 Å². The SMILES string of the molecule is C[C@@H](CCc1ccccc1)NC(=O)CN(c1ccc(Cl)cc1Cl)S(C)(=O)=O. The molecule has 2 rings (SSSR count). The highest BCUT2D eigenvalue weighted by Crippen LogP contribution is 2.30. The van der Waals surface area contributed by atoms with Gasteiger partial charge in [0.05, 0.1) is 17.0 Å². The first kappa shape index (κ1) is 21.5. The van der Waals surface area contributed by atoms with E-state index in [1.165, 1.54) is 23.8 Å². The molecular weight excluding hydrogens is 407 g/mol. The van der Waals surface area contributed by atoms with E-state index >= 15 is 0 Å². The summed E-state index contributed by atoms with van der Waals surface area (Å²) < 4.78 is 25.3. The number of nitrogens with one attached hydrogen (secondary N) is 1. The van der Waals surface area contributed by atoms with Crippen molar-refractivity contribution in [2.75, 3.05) is 17.1 Å². The van der Waals surface area contributed by atoms with Crippen molar-refractivity contribution in [2.45, 2.75) is 25.8 Å². The summed E-state index contributed by atoms with van der Waals surface area (Å²) in [6.07, 6.45) is 2.60. The molecular formula is C19H22Cl2N2O3S. The molecule has 146 valence electrons. The Morgan fingerprint density at radius 1 is 1.15 bits per heavy atom. The Morgan fingerprint density at radius 3 is 2.41 bits per heavy atom.